The number of esters is 2. The lowest BCUT2D eigenvalue weighted by atomic mass is 9.86. The fourth-order valence-electron chi connectivity index (χ4n) is 3.84. The molecule has 2 aliphatic heterocycles. The second kappa shape index (κ2) is 4.79. The Morgan fingerprint density at radius 2 is 1.41 bits per heavy atom. The average Bonchev–Trinajstić information content (AvgIpc) is 3.33. The molecule has 0 N–H and O–H groups in total. The van der Waals surface area contributed by atoms with E-state index in [-0.39, 0.29) is 41.9 Å². The number of hydrogen-bond acceptors (Lipinski definition) is 6. The smallest absolute Gasteiger partial charge is 0.316 e. The molecule has 1 saturated carbocycles. The lowest BCUT2D eigenvalue weighted by Gasteiger charge is -2.36. The third-order valence-electron chi connectivity index (χ3n) is 4.95. The van der Waals surface area contributed by atoms with Crippen LogP contribution in [-0.2, 0) is 28.8 Å². The predicted molar refractivity (Wildman–Crippen MR) is 73.0 cm³/mol. The summed E-state index contributed by atoms with van der Waals surface area (Å²) in [5.74, 6) is -0.915. The normalized spacial score (nSPS) is 40.6. The number of methoxy groups -OCH3 is 2. The van der Waals surface area contributed by atoms with Gasteiger partial charge in [0.15, 0.2) is 0 Å². The summed E-state index contributed by atoms with van der Waals surface area (Å²) < 4.78 is 9.64. The molecule has 0 radical (unpaired) electrons. The van der Waals surface area contributed by atoms with E-state index in [1.165, 1.54) is 14.2 Å². The molecule has 4 atom stereocenters. The second-order valence-corrected chi connectivity index (χ2v) is 5.92. The largest absolute Gasteiger partial charge is 0.469 e. The van der Waals surface area contributed by atoms with Gasteiger partial charge < -0.3 is 9.47 Å². The molecular formula is C16H16O6. The minimum Gasteiger partial charge on any atom is -0.469 e. The summed E-state index contributed by atoms with van der Waals surface area (Å²) in [6.45, 7) is 0. The highest BCUT2D eigenvalue weighted by Crippen LogP contribution is 2.62. The van der Waals surface area contributed by atoms with Crippen LogP contribution in [0.2, 0.25) is 0 Å². The molecule has 5 rings (SSSR count). The van der Waals surface area contributed by atoms with Crippen molar-refractivity contribution < 1.29 is 28.8 Å². The first-order valence-corrected chi connectivity index (χ1v) is 7.25. The Bertz CT molecular complexity index is 593. The zero-order valence-corrected chi connectivity index (χ0v) is 12.2. The number of fused-ring (bicyclic) bond motifs is 1. The molecule has 0 aromatic rings. The van der Waals surface area contributed by atoms with E-state index in [0.29, 0.717) is 0 Å². The molecule has 2 bridgehead atoms. The van der Waals surface area contributed by atoms with E-state index in [4.69, 9.17) is 19.2 Å². The Balaban J connectivity index is 1.64. The Morgan fingerprint density at radius 3 is 1.86 bits per heavy atom. The SMILES string of the molecule is COC(=O)C1C=CC2=C(C=C1)C1OOC2C2C(C(=O)OC)C12. The van der Waals surface area contributed by atoms with E-state index >= 15 is 0 Å². The van der Waals surface area contributed by atoms with Gasteiger partial charge in [0, 0.05) is 11.8 Å². The van der Waals surface area contributed by atoms with Crippen molar-refractivity contribution in [1.29, 1.82) is 0 Å². The van der Waals surface area contributed by atoms with E-state index < -0.39 is 5.92 Å². The molecule has 2 heterocycles. The first-order valence-electron chi connectivity index (χ1n) is 7.25. The molecule has 22 heavy (non-hydrogen) atoms. The van der Waals surface area contributed by atoms with Crippen LogP contribution in [0.5, 0.6) is 0 Å². The molecule has 4 unspecified atom stereocenters. The standard InChI is InChI=1S/C16H16O6/c1-19-15(17)7-3-5-8-9(6-4-7)14-11-10(13(8)21-22-14)12(11)16(18)20-2/h3-7,10-14H,1-2H3. The Hall–Kier alpha value is -1.92. The highest BCUT2D eigenvalue weighted by molar-refractivity contribution is 5.79. The first-order chi connectivity index (χ1) is 10.7. The van der Waals surface area contributed by atoms with Gasteiger partial charge in [-0.05, 0) is 11.1 Å². The molecule has 0 amide bonds. The van der Waals surface area contributed by atoms with Crippen LogP contribution in [-0.4, -0.2) is 38.4 Å². The predicted octanol–water partition coefficient (Wildman–Crippen LogP) is 0.946. The zero-order valence-electron chi connectivity index (χ0n) is 12.2. The van der Waals surface area contributed by atoms with Crippen LogP contribution in [0.3, 0.4) is 0 Å². The summed E-state index contributed by atoms with van der Waals surface area (Å²) in [4.78, 5) is 34.4. The highest BCUT2D eigenvalue weighted by atomic mass is 17.2. The van der Waals surface area contributed by atoms with E-state index in [2.05, 4.69) is 0 Å². The molecule has 2 fully saturated rings. The van der Waals surface area contributed by atoms with Crippen molar-refractivity contribution in [3.63, 3.8) is 0 Å². The number of ether oxygens (including phenoxy) is 2. The topological polar surface area (TPSA) is 71.1 Å². The van der Waals surface area contributed by atoms with Gasteiger partial charge in [-0.3, -0.25) is 9.59 Å². The van der Waals surface area contributed by atoms with Crippen LogP contribution in [0.4, 0.5) is 0 Å². The number of hydrogen-bond donors (Lipinski definition) is 0. The maximum atomic E-state index is 11.9. The molecule has 1 saturated heterocycles. The Labute approximate surface area is 127 Å². The maximum Gasteiger partial charge on any atom is 0.316 e. The van der Waals surface area contributed by atoms with Crippen molar-refractivity contribution >= 4 is 11.9 Å². The number of carbonyl (C=O) groups excluding carboxylic acids is 2. The van der Waals surface area contributed by atoms with Crippen molar-refractivity contribution in [2.45, 2.75) is 12.2 Å². The van der Waals surface area contributed by atoms with Crippen molar-refractivity contribution in [2.75, 3.05) is 14.2 Å². The number of carbonyl (C=O) groups is 2. The summed E-state index contributed by atoms with van der Waals surface area (Å²) in [5, 5.41) is 0. The fraction of sp³-hybridized carbons (Fsp3) is 0.500. The van der Waals surface area contributed by atoms with Gasteiger partial charge in [-0.25, -0.2) is 9.78 Å². The molecule has 0 spiro atoms. The lowest BCUT2D eigenvalue weighted by Crippen LogP contribution is -2.39. The van der Waals surface area contributed by atoms with Crippen molar-refractivity contribution in [2.24, 2.45) is 23.7 Å². The van der Waals surface area contributed by atoms with Gasteiger partial charge >= 0.3 is 11.9 Å². The van der Waals surface area contributed by atoms with Crippen molar-refractivity contribution in [1.82, 2.24) is 0 Å². The second-order valence-electron chi connectivity index (χ2n) is 5.92. The average molecular weight is 304 g/mol. The van der Waals surface area contributed by atoms with E-state index in [1.54, 1.807) is 12.2 Å². The molecule has 6 nitrogen and oxygen atoms in total. The van der Waals surface area contributed by atoms with Gasteiger partial charge in [-0.15, -0.1) is 0 Å². The quantitative estimate of drug-likeness (QED) is 0.559. The van der Waals surface area contributed by atoms with Crippen LogP contribution in [0, 0.1) is 23.7 Å². The first kappa shape index (κ1) is 13.7. The third-order valence-corrected chi connectivity index (χ3v) is 4.95. The van der Waals surface area contributed by atoms with E-state index in [9.17, 15) is 9.59 Å². The van der Waals surface area contributed by atoms with E-state index in [0.717, 1.165) is 11.1 Å². The molecule has 116 valence electrons. The van der Waals surface area contributed by atoms with Crippen LogP contribution < -0.4 is 0 Å². The van der Waals surface area contributed by atoms with Crippen LogP contribution >= 0.6 is 0 Å². The van der Waals surface area contributed by atoms with Crippen LogP contribution in [0.1, 0.15) is 0 Å². The molecule has 6 heteroatoms. The van der Waals surface area contributed by atoms with Gasteiger partial charge in [0.25, 0.3) is 0 Å². The maximum absolute atomic E-state index is 11.9. The summed E-state index contributed by atoms with van der Waals surface area (Å²) in [7, 11) is 2.77. The zero-order chi connectivity index (χ0) is 15.4. The minimum absolute atomic E-state index is 0.0951. The van der Waals surface area contributed by atoms with Gasteiger partial charge in [-0.2, -0.15) is 0 Å². The number of rotatable bonds is 2. The monoisotopic (exact) mass is 304 g/mol. The molecule has 3 aliphatic carbocycles. The van der Waals surface area contributed by atoms with Crippen LogP contribution in [0.25, 0.3) is 0 Å². The van der Waals surface area contributed by atoms with Gasteiger partial charge in [0.2, 0.25) is 0 Å². The molecule has 0 aromatic heterocycles. The fourth-order valence-corrected chi connectivity index (χ4v) is 3.84. The van der Waals surface area contributed by atoms with Crippen molar-refractivity contribution in [3.8, 4) is 0 Å². The van der Waals surface area contributed by atoms with Gasteiger partial charge in [0.05, 0.1) is 26.1 Å². The summed E-state index contributed by atoms with van der Waals surface area (Å²) in [6, 6.07) is 0. The minimum atomic E-state index is -0.414. The third kappa shape index (κ3) is 1.74. The lowest BCUT2D eigenvalue weighted by molar-refractivity contribution is -0.368. The summed E-state index contributed by atoms with van der Waals surface area (Å²) in [5.41, 5.74) is 1.96. The summed E-state index contributed by atoms with van der Waals surface area (Å²) >= 11 is 0. The van der Waals surface area contributed by atoms with Gasteiger partial charge in [-0.1, -0.05) is 24.3 Å². The van der Waals surface area contributed by atoms with Crippen LogP contribution in [0.15, 0.2) is 35.5 Å². The highest BCUT2D eigenvalue weighted by Gasteiger charge is 2.69. The molecule has 5 aliphatic rings. The van der Waals surface area contributed by atoms with E-state index in [1.807, 2.05) is 12.2 Å². The Morgan fingerprint density at radius 1 is 0.909 bits per heavy atom. The molecule has 0 aromatic carbocycles. The van der Waals surface area contributed by atoms with Gasteiger partial charge in [0.1, 0.15) is 12.2 Å². The Kier molecular flexibility index (Phi) is 2.99. The summed E-state index contributed by atoms with van der Waals surface area (Å²) in [6.07, 6.45) is 6.79. The van der Waals surface area contributed by atoms with Crippen molar-refractivity contribution in [3.05, 3.63) is 35.5 Å². The molecular weight excluding hydrogens is 288 g/mol.